The van der Waals surface area contributed by atoms with E-state index in [1.54, 1.807) is 0 Å². The Hall–Kier alpha value is -0.690. The number of aliphatic hydroxyl groups is 9. The van der Waals surface area contributed by atoms with Crippen LogP contribution in [-0.4, -0.2) is 109 Å². The molecule has 0 aromatic heterocycles. The molecule has 20 heavy (non-hydrogen) atoms. The van der Waals surface area contributed by atoms with Crippen LogP contribution in [0.1, 0.15) is 0 Å². The predicted octanol–water partition coefficient (Wildman–Crippen LogP) is -5.69. The van der Waals surface area contributed by atoms with Crippen LogP contribution >= 0.6 is 0 Å². The lowest BCUT2D eigenvalue weighted by molar-refractivity contribution is -0.127. The molecule has 0 aliphatic rings. The summed E-state index contributed by atoms with van der Waals surface area (Å²) in [5, 5.41) is 76.6. The highest BCUT2D eigenvalue weighted by Crippen LogP contribution is 1.98. The third-order valence-corrected chi connectivity index (χ3v) is 2.23. The normalized spacial score (nSPS) is 19.9. The largest absolute Gasteiger partial charge is 0.394 e. The number of rotatable bonds is 8. The number of hydrogen-bond donors (Lipinski definition) is 9. The van der Waals surface area contributed by atoms with Crippen molar-refractivity contribution in [1.82, 2.24) is 0 Å². The summed E-state index contributed by atoms with van der Waals surface area (Å²) < 4.78 is 0. The fourth-order valence-corrected chi connectivity index (χ4v) is 0.889. The fourth-order valence-electron chi connectivity index (χ4n) is 0.889. The molecule has 122 valence electrons. The maximum atomic E-state index is 9.76. The molecular weight excluding hydrogens is 280 g/mol. The van der Waals surface area contributed by atoms with Gasteiger partial charge in [0.1, 0.15) is 36.6 Å². The van der Waals surface area contributed by atoms with Gasteiger partial charge >= 0.3 is 0 Å². The zero-order valence-corrected chi connectivity index (χ0v) is 10.6. The summed E-state index contributed by atoms with van der Waals surface area (Å²) >= 11 is 0. The molecule has 0 fully saturated rings. The highest BCUT2D eigenvalue weighted by Gasteiger charge is 2.23. The summed E-state index contributed by atoms with van der Waals surface area (Å²) in [6.45, 7) is -1.97. The van der Waals surface area contributed by atoms with Crippen LogP contribution in [0, 0.1) is 0 Å². The van der Waals surface area contributed by atoms with Gasteiger partial charge in [0, 0.05) is 0 Å². The van der Waals surface area contributed by atoms with Crippen molar-refractivity contribution in [2.45, 2.75) is 36.6 Å². The zero-order valence-electron chi connectivity index (χ0n) is 10.6. The van der Waals surface area contributed by atoms with Crippen LogP contribution in [0.2, 0.25) is 0 Å². The first-order valence-corrected chi connectivity index (χ1v) is 5.62. The SMILES string of the molecule is O=C[C@H](O)[C@@H](O)[C@@H](O)CO.OC[C@@H](O)[C@@H](O)[C@@H](O)CO. The number of hydrogen-bond acceptors (Lipinski definition) is 10. The van der Waals surface area contributed by atoms with E-state index in [1.807, 2.05) is 0 Å². The Kier molecular flexibility index (Phi) is 13.1. The first-order valence-electron chi connectivity index (χ1n) is 5.62. The van der Waals surface area contributed by atoms with Crippen molar-refractivity contribution < 1.29 is 50.8 Å². The Bertz CT molecular complexity index is 228. The summed E-state index contributed by atoms with van der Waals surface area (Å²) in [6, 6.07) is 0. The molecule has 0 amide bonds. The molecule has 0 aromatic rings. The quantitative estimate of drug-likeness (QED) is 0.195. The molecule has 0 bridgehead atoms. The molecular formula is C10H22O10. The molecule has 0 aliphatic carbocycles. The molecule has 10 nitrogen and oxygen atoms in total. The summed E-state index contributed by atoms with van der Waals surface area (Å²) in [5.74, 6) is 0. The highest BCUT2D eigenvalue weighted by molar-refractivity contribution is 5.56. The third-order valence-electron chi connectivity index (χ3n) is 2.23. The topological polar surface area (TPSA) is 199 Å². The molecule has 0 unspecified atom stereocenters. The molecule has 0 heterocycles. The molecule has 6 atom stereocenters. The standard InChI is InChI=1S/C5H12O5.C5H10O5/c2*6-1-3(8)5(10)4(9)2-7/h3-10H,1-2H2;1,3-5,7-10H,2H2/t3-,4+,5-;3-,4-,5+/m.0/s1. The van der Waals surface area contributed by atoms with Crippen molar-refractivity contribution in [3.8, 4) is 0 Å². The average molecular weight is 302 g/mol. The van der Waals surface area contributed by atoms with Crippen molar-refractivity contribution in [3.63, 3.8) is 0 Å². The molecule has 0 aliphatic heterocycles. The molecule has 0 saturated heterocycles. The Labute approximate surface area is 114 Å². The van der Waals surface area contributed by atoms with Gasteiger partial charge in [-0.2, -0.15) is 0 Å². The predicted molar refractivity (Wildman–Crippen MR) is 63.4 cm³/mol. The lowest BCUT2D eigenvalue weighted by atomic mass is 10.1. The van der Waals surface area contributed by atoms with Gasteiger partial charge in [-0.05, 0) is 0 Å². The van der Waals surface area contributed by atoms with Crippen LogP contribution in [0.5, 0.6) is 0 Å². The van der Waals surface area contributed by atoms with Crippen LogP contribution in [0.25, 0.3) is 0 Å². The minimum Gasteiger partial charge on any atom is -0.394 e. The number of carbonyl (C=O) groups is 1. The van der Waals surface area contributed by atoms with E-state index in [0.717, 1.165) is 0 Å². The monoisotopic (exact) mass is 302 g/mol. The first-order chi connectivity index (χ1) is 9.26. The molecule has 0 spiro atoms. The second-order valence-corrected chi connectivity index (χ2v) is 3.86. The van der Waals surface area contributed by atoms with Gasteiger partial charge in [0.05, 0.1) is 19.8 Å². The van der Waals surface area contributed by atoms with Crippen LogP contribution in [0.3, 0.4) is 0 Å². The second-order valence-electron chi connectivity index (χ2n) is 3.86. The van der Waals surface area contributed by atoms with Gasteiger partial charge in [-0.3, -0.25) is 0 Å². The van der Waals surface area contributed by atoms with E-state index in [0.29, 0.717) is 0 Å². The van der Waals surface area contributed by atoms with Gasteiger partial charge in [-0.25, -0.2) is 0 Å². The Morgan fingerprint density at radius 1 is 0.650 bits per heavy atom. The van der Waals surface area contributed by atoms with E-state index >= 15 is 0 Å². The Morgan fingerprint density at radius 3 is 1.20 bits per heavy atom. The first kappa shape index (κ1) is 21.6. The summed E-state index contributed by atoms with van der Waals surface area (Å²) in [7, 11) is 0. The van der Waals surface area contributed by atoms with Crippen molar-refractivity contribution in [2.75, 3.05) is 19.8 Å². The molecule has 10 heteroatoms. The van der Waals surface area contributed by atoms with Crippen LogP contribution in [-0.2, 0) is 4.79 Å². The van der Waals surface area contributed by atoms with Crippen LogP contribution < -0.4 is 0 Å². The summed E-state index contributed by atoms with van der Waals surface area (Å²) in [5.41, 5.74) is 0. The van der Waals surface area contributed by atoms with E-state index < -0.39 is 56.4 Å². The van der Waals surface area contributed by atoms with E-state index in [4.69, 9.17) is 46.0 Å². The lowest BCUT2D eigenvalue weighted by Gasteiger charge is -2.19. The molecule has 0 radical (unpaired) electrons. The van der Waals surface area contributed by atoms with Crippen molar-refractivity contribution in [2.24, 2.45) is 0 Å². The van der Waals surface area contributed by atoms with Gasteiger partial charge in [-0.15, -0.1) is 0 Å². The van der Waals surface area contributed by atoms with Gasteiger partial charge in [-0.1, -0.05) is 0 Å². The van der Waals surface area contributed by atoms with Crippen molar-refractivity contribution in [3.05, 3.63) is 0 Å². The maximum absolute atomic E-state index is 9.76. The van der Waals surface area contributed by atoms with E-state index in [-0.39, 0.29) is 6.29 Å². The molecule has 0 rings (SSSR count). The summed E-state index contributed by atoms with van der Waals surface area (Å²) in [6.07, 6.45) is -8.92. The van der Waals surface area contributed by atoms with Crippen molar-refractivity contribution >= 4 is 6.29 Å². The fraction of sp³-hybridized carbons (Fsp3) is 0.900. The molecule has 0 aromatic carbocycles. The van der Waals surface area contributed by atoms with E-state index in [2.05, 4.69) is 0 Å². The van der Waals surface area contributed by atoms with E-state index in [9.17, 15) is 4.79 Å². The Morgan fingerprint density at radius 2 is 0.950 bits per heavy atom. The number of aliphatic hydroxyl groups excluding tert-OH is 9. The molecule has 9 N–H and O–H groups in total. The third kappa shape index (κ3) is 8.47. The van der Waals surface area contributed by atoms with Crippen LogP contribution in [0.4, 0.5) is 0 Å². The maximum Gasteiger partial charge on any atom is 0.151 e. The van der Waals surface area contributed by atoms with Gasteiger partial charge < -0.3 is 50.8 Å². The summed E-state index contributed by atoms with van der Waals surface area (Å²) in [4.78, 5) is 9.76. The van der Waals surface area contributed by atoms with Crippen LogP contribution in [0.15, 0.2) is 0 Å². The number of carbonyl (C=O) groups excluding carboxylic acids is 1. The second kappa shape index (κ2) is 12.1. The van der Waals surface area contributed by atoms with Gasteiger partial charge in [0.15, 0.2) is 6.29 Å². The zero-order chi connectivity index (χ0) is 16.3. The highest BCUT2D eigenvalue weighted by atomic mass is 16.4. The average Bonchev–Trinajstić information content (AvgIpc) is 2.50. The van der Waals surface area contributed by atoms with E-state index in [1.165, 1.54) is 0 Å². The molecule has 0 saturated carbocycles. The minimum atomic E-state index is -1.64. The van der Waals surface area contributed by atoms with Crippen molar-refractivity contribution in [1.29, 1.82) is 0 Å². The smallest absolute Gasteiger partial charge is 0.151 e. The van der Waals surface area contributed by atoms with Gasteiger partial charge in [0.25, 0.3) is 0 Å². The number of aldehydes is 1. The Balaban J connectivity index is 0. The van der Waals surface area contributed by atoms with Gasteiger partial charge in [0.2, 0.25) is 0 Å². The minimum absolute atomic E-state index is 0.0869. The lowest BCUT2D eigenvalue weighted by Crippen LogP contribution is -2.41.